The van der Waals surface area contributed by atoms with Crippen LogP contribution in [0.4, 0.5) is 29.5 Å². The van der Waals surface area contributed by atoms with Crippen LogP contribution in [0.5, 0.6) is 5.75 Å². The van der Waals surface area contributed by atoms with Gasteiger partial charge in [0.1, 0.15) is 18.1 Å². The van der Waals surface area contributed by atoms with Crippen LogP contribution in [0.3, 0.4) is 0 Å². The van der Waals surface area contributed by atoms with Gasteiger partial charge in [0.2, 0.25) is 5.91 Å². The predicted molar refractivity (Wildman–Crippen MR) is 123 cm³/mol. The predicted octanol–water partition coefficient (Wildman–Crippen LogP) is 4.22. The average Bonchev–Trinajstić information content (AvgIpc) is 3.40. The number of halogens is 4. The van der Waals surface area contributed by atoms with Crippen LogP contribution >= 0.6 is 11.6 Å². The Balaban J connectivity index is 1.33. The first-order chi connectivity index (χ1) is 17.1. The highest BCUT2D eigenvalue weighted by molar-refractivity contribution is 6.31. The molecule has 2 aliphatic heterocycles. The monoisotopic (exact) mass is 521 g/mol. The van der Waals surface area contributed by atoms with Gasteiger partial charge in [0, 0.05) is 24.6 Å². The highest BCUT2D eigenvalue weighted by Crippen LogP contribution is 2.45. The lowest BCUT2D eigenvalue weighted by atomic mass is 9.89. The number of nitrogens with one attached hydrogen (secondary N) is 1. The van der Waals surface area contributed by atoms with Gasteiger partial charge in [-0.05, 0) is 36.4 Å². The summed E-state index contributed by atoms with van der Waals surface area (Å²) in [6, 6.07) is 10.2. The van der Waals surface area contributed by atoms with E-state index in [1.807, 2.05) is 0 Å². The van der Waals surface area contributed by atoms with E-state index in [1.165, 1.54) is 33.8 Å². The molecule has 2 aliphatic rings. The molecule has 1 aromatic heterocycles. The number of rotatable bonds is 5. The van der Waals surface area contributed by atoms with Crippen LogP contribution in [0.15, 0.2) is 42.5 Å². The van der Waals surface area contributed by atoms with E-state index in [0.29, 0.717) is 11.3 Å². The molecule has 3 N–H and O–H groups in total. The molecule has 0 saturated carbocycles. The second kappa shape index (κ2) is 8.94. The van der Waals surface area contributed by atoms with Gasteiger partial charge in [-0.15, -0.1) is 0 Å². The van der Waals surface area contributed by atoms with Crippen molar-refractivity contribution in [3.05, 3.63) is 58.9 Å². The van der Waals surface area contributed by atoms with Gasteiger partial charge in [0.05, 0.1) is 28.5 Å². The molecule has 0 unspecified atom stereocenters. The van der Waals surface area contributed by atoms with E-state index >= 15 is 0 Å². The number of nitrogen functional groups attached to an aromatic ring is 1. The molecule has 1 fully saturated rings. The van der Waals surface area contributed by atoms with Crippen molar-refractivity contribution in [2.24, 2.45) is 0 Å². The molecule has 0 aliphatic carbocycles. The van der Waals surface area contributed by atoms with Crippen LogP contribution in [-0.4, -0.2) is 46.4 Å². The SMILES string of the molecule is Nc1cc(-c2ccc(OC(F)F)cc2)nn1CC(=O)N1CC[C@@]2(C1)OC(=O)Nc1ccc(Cl)c(F)c12. The lowest BCUT2D eigenvalue weighted by Crippen LogP contribution is -2.44. The van der Waals surface area contributed by atoms with Gasteiger partial charge in [-0.2, -0.15) is 13.9 Å². The van der Waals surface area contributed by atoms with Crippen LogP contribution in [-0.2, 0) is 21.7 Å². The maximum Gasteiger partial charge on any atom is 0.412 e. The van der Waals surface area contributed by atoms with Crippen molar-refractivity contribution >= 4 is 35.1 Å². The van der Waals surface area contributed by atoms with E-state index in [1.54, 1.807) is 18.2 Å². The number of fused-ring (bicyclic) bond motifs is 2. The molecule has 0 bridgehead atoms. The van der Waals surface area contributed by atoms with E-state index in [4.69, 9.17) is 22.1 Å². The van der Waals surface area contributed by atoms with E-state index < -0.39 is 24.1 Å². The number of carbonyl (C=O) groups is 2. The number of anilines is 2. The van der Waals surface area contributed by atoms with Crippen molar-refractivity contribution in [3.63, 3.8) is 0 Å². The molecule has 2 amide bonds. The summed E-state index contributed by atoms with van der Waals surface area (Å²) in [5.41, 5.74) is 6.03. The second-order valence-electron chi connectivity index (χ2n) is 8.37. The lowest BCUT2D eigenvalue weighted by Gasteiger charge is -2.35. The van der Waals surface area contributed by atoms with Crippen LogP contribution in [0.1, 0.15) is 12.0 Å². The third-order valence-corrected chi connectivity index (χ3v) is 6.42. The Hall–Kier alpha value is -3.93. The second-order valence-corrected chi connectivity index (χ2v) is 8.78. The molecule has 1 atom stereocenters. The number of hydrogen-bond acceptors (Lipinski definition) is 6. The van der Waals surface area contributed by atoms with Crippen molar-refractivity contribution in [1.29, 1.82) is 0 Å². The van der Waals surface area contributed by atoms with Gasteiger partial charge < -0.3 is 20.1 Å². The first-order valence-corrected chi connectivity index (χ1v) is 11.2. The molecule has 3 heterocycles. The Morgan fingerprint density at radius 3 is 2.75 bits per heavy atom. The van der Waals surface area contributed by atoms with Crippen molar-refractivity contribution < 1.29 is 32.2 Å². The van der Waals surface area contributed by atoms with Crippen LogP contribution in [0, 0.1) is 5.82 Å². The lowest BCUT2D eigenvalue weighted by molar-refractivity contribution is -0.132. The van der Waals surface area contributed by atoms with Gasteiger partial charge in [-0.3, -0.25) is 10.1 Å². The fourth-order valence-corrected chi connectivity index (χ4v) is 4.64. The zero-order valence-corrected chi connectivity index (χ0v) is 19.3. The summed E-state index contributed by atoms with van der Waals surface area (Å²) in [6.07, 6.45) is -0.562. The quantitative estimate of drug-likeness (QED) is 0.520. The summed E-state index contributed by atoms with van der Waals surface area (Å²) in [4.78, 5) is 26.7. The van der Waals surface area contributed by atoms with Gasteiger partial charge >= 0.3 is 12.7 Å². The molecule has 188 valence electrons. The number of carbonyl (C=O) groups excluding carboxylic acids is 2. The number of likely N-dealkylation sites (tertiary alicyclic amines) is 1. The Morgan fingerprint density at radius 2 is 2.03 bits per heavy atom. The molecule has 13 heteroatoms. The molecule has 2 aromatic carbocycles. The number of amides is 2. The number of hydrogen-bond donors (Lipinski definition) is 2. The molecule has 9 nitrogen and oxygen atoms in total. The number of nitrogens with two attached hydrogens (primary N) is 1. The fourth-order valence-electron chi connectivity index (χ4n) is 4.48. The number of benzene rings is 2. The zero-order valence-electron chi connectivity index (χ0n) is 18.5. The number of ether oxygens (including phenoxy) is 2. The minimum Gasteiger partial charge on any atom is -0.436 e. The van der Waals surface area contributed by atoms with Crippen molar-refractivity contribution in [3.8, 4) is 17.0 Å². The maximum absolute atomic E-state index is 14.9. The van der Waals surface area contributed by atoms with Crippen LogP contribution < -0.4 is 15.8 Å². The van der Waals surface area contributed by atoms with Crippen LogP contribution in [0.2, 0.25) is 5.02 Å². The van der Waals surface area contributed by atoms with E-state index in [-0.39, 0.29) is 59.8 Å². The van der Waals surface area contributed by atoms with Crippen molar-refractivity contribution in [1.82, 2.24) is 14.7 Å². The van der Waals surface area contributed by atoms with E-state index in [2.05, 4.69) is 15.2 Å². The Labute approximate surface area is 207 Å². The zero-order chi connectivity index (χ0) is 25.6. The highest BCUT2D eigenvalue weighted by Gasteiger charge is 2.50. The highest BCUT2D eigenvalue weighted by atomic mass is 35.5. The largest absolute Gasteiger partial charge is 0.436 e. The average molecular weight is 522 g/mol. The maximum atomic E-state index is 14.9. The Morgan fingerprint density at radius 1 is 1.28 bits per heavy atom. The summed E-state index contributed by atoms with van der Waals surface area (Å²) in [5.74, 6) is -0.879. The molecule has 36 heavy (non-hydrogen) atoms. The van der Waals surface area contributed by atoms with Gasteiger partial charge in [0.25, 0.3) is 0 Å². The van der Waals surface area contributed by atoms with Gasteiger partial charge in [0.15, 0.2) is 11.4 Å². The van der Waals surface area contributed by atoms with Gasteiger partial charge in [-0.1, -0.05) is 11.6 Å². The molecule has 0 radical (unpaired) electrons. The topological polar surface area (TPSA) is 112 Å². The smallest absolute Gasteiger partial charge is 0.412 e. The Kier molecular flexibility index (Phi) is 5.91. The van der Waals surface area contributed by atoms with Gasteiger partial charge in [-0.25, -0.2) is 13.9 Å². The molecule has 1 spiro atoms. The molecular weight excluding hydrogens is 503 g/mol. The number of nitrogens with zero attached hydrogens (tertiary/aromatic N) is 3. The van der Waals surface area contributed by atoms with Crippen molar-refractivity contribution in [2.75, 3.05) is 24.1 Å². The number of alkyl halides is 2. The van der Waals surface area contributed by atoms with E-state index in [0.717, 1.165) is 0 Å². The molecule has 1 saturated heterocycles. The molecular formula is C23H19ClF3N5O4. The first-order valence-electron chi connectivity index (χ1n) is 10.8. The first kappa shape index (κ1) is 23.8. The molecule has 5 rings (SSSR count). The fraction of sp³-hybridized carbons (Fsp3) is 0.261. The minimum absolute atomic E-state index is 0.00259. The minimum atomic E-state index is -2.93. The Bertz CT molecular complexity index is 1350. The normalized spacial score (nSPS) is 18.8. The standard InChI is InChI=1S/C23H19ClF3N5O4/c24-14-5-6-15-19(20(14)25)23(36-22(34)29-15)7-8-31(11-23)18(33)10-32-17(28)9-16(30-32)12-1-3-13(4-2-12)35-21(26)27/h1-6,9,21H,7-8,10-11,28H2,(H,29,34)/t23-/m0/s1. The van der Waals surface area contributed by atoms with E-state index in [9.17, 15) is 22.8 Å². The van der Waals surface area contributed by atoms with Crippen molar-refractivity contribution in [2.45, 2.75) is 25.2 Å². The summed E-state index contributed by atoms with van der Waals surface area (Å²) in [5, 5.41) is 6.68. The van der Waals surface area contributed by atoms with Crippen LogP contribution in [0.25, 0.3) is 11.3 Å². The summed E-state index contributed by atoms with van der Waals surface area (Å²) in [7, 11) is 0. The third-order valence-electron chi connectivity index (χ3n) is 6.13. The third kappa shape index (κ3) is 4.28. The summed E-state index contributed by atoms with van der Waals surface area (Å²) >= 11 is 5.96. The number of aromatic nitrogens is 2. The summed E-state index contributed by atoms with van der Waals surface area (Å²) in [6.45, 7) is -3.01. The molecule has 3 aromatic rings. The summed E-state index contributed by atoms with van der Waals surface area (Å²) < 4.78 is 50.8.